The fourth-order valence-electron chi connectivity index (χ4n) is 3.16. The van der Waals surface area contributed by atoms with E-state index in [1.54, 1.807) is 26.8 Å². The SMILES string of the molecule is C[C@H](Nc1ncc(F)c(N2C(=O)OC[C@@H]2[C@@H](C)O)n1)c1ccc(C(C)(C)O)cc1F. The van der Waals surface area contributed by atoms with Crippen molar-refractivity contribution in [2.45, 2.75) is 51.5 Å². The molecule has 1 aliphatic rings. The van der Waals surface area contributed by atoms with Gasteiger partial charge >= 0.3 is 6.09 Å². The molecule has 1 amide bonds. The van der Waals surface area contributed by atoms with Crippen LogP contribution in [0.5, 0.6) is 0 Å². The van der Waals surface area contributed by atoms with Crippen molar-refractivity contribution in [1.82, 2.24) is 9.97 Å². The largest absolute Gasteiger partial charge is 0.447 e. The summed E-state index contributed by atoms with van der Waals surface area (Å²) in [6, 6.07) is 3.00. The number of ether oxygens (including phenoxy) is 1. The lowest BCUT2D eigenvalue weighted by atomic mass is 9.95. The smallest absolute Gasteiger partial charge is 0.416 e. The Bertz CT molecular complexity index is 949. The van der Waals surface area contributed by atoms with Gasteiger partial charge in [-0.05, 0) is 39.3 Å². The molecule has 0 spiro atoms. The topological polar surface area (TPSA) is 108 Å². The highest BCUT2D eigenvalue weighted by Gasteiger charge is 2.39. The van der Waals surface area contributed by atoms with Crippen LogP contribution in [0.2, 0.25) is 0 Å². The number of aromatic nitrogens is 2. The fraction of sp³-hybridized carbons (Fsp3) is 0.450. The van der Waals surface area contributed by atoms with E-state index in [1.807, 2.05) is 0 Å². The van der Waals surface area contributed by atoms with Crippen LogP contribution >= 0.6 is 0 Å². The summed E-state index contributed by atoms with van der Waals surface area (Å²) in [6.07, 6.45) is -0.911. The number of carbonyl (C=O) groups excluding carboxylic acids is 1. The molecular formula is C20H24F2N4O4. The number of hydrogen-bond acceptors (Lipinski definition) is 7. The summed E-state index contributed by atoms with van der Waals surface area (Å²) in [6.45, 7) is 6.14. The molecule has 0 radical (unpaired) electrons. The Morgan fingerprint density at radius 3 is 2.60 bits per heavy atom. The lowest BCUT2D eigenvalue weighted by Crippen LogP contribution is -2.42. The van der Waals surface area contributed by atoms with Gasteiger partial charge in [-0.2, -0.15) is 4.98 Å². The first-order chi connectivity index (χ1) is 14.0. The number of benzene rings is 1. The van der Waals surface area contributed by atoms with Gasteiger partial charge in [0.1, 0.15) is 18.5 Å². The number of nitrogens with one attached hydrogen (secondary N) is 1. The molecule has 1 aromatic carbocycles. The van der Waals surface area contributed by atoms with Gasteiger partial charge in [0.05, 0.1) is 23.9 Å². The summed E-state index contributed by atoms with van der Waals surface area (Å²) in [4.78, 5) is 20.9. The zero-order valence-electron chi connectivity index (χ0n) is 17.1. The maximum absolute atomic E-state index is 14.6. The lowest BCUT2D eigenvalue weighted by molar-refractivity contribution is 0.0782. The Balaban J connectivity index is 1.86. The number of rotatable bonds is 6. The van der Waals surface area contributed by atoms with E-state index < -0.39 is 41.5 Å². The quantitative estimate of drug-likeness (QED) is 0.657. The molecule has 0 aliphatic carbocycles. The molecule has 1 aromatic heterocycles. The van der Waals surface area contributed by atoms with Crippen LogP contribution in [0, 0.1) is 11.6 Å². The van der Waals surface area contributed by atoms with Gasteiger partial charge in [0.2, 0.25) is 5.95 Å². The third-order valence-corrected chi connectivity index (χ3v) is 4.94. The zero-order valence-corrected chi connectivity index (χ0v) is 17.1. The molecule has 162 valence electrons. The Kier molecular flexibility index (Phi) is 5.91. The van der Waals surface area contributed by atoms with Crippen molar-refractivity contribution in [3.63, 3.8) is 0 Å². The normalized spacial score (nSPS) is 18.9. The number of halogens is 2. The van der Waals surface area contributed by atoms with Gasteiger partial charge in [0.25, 0.3) is 0 Å². The van der Waals surface area contributed by atoms with Gasteiger partial charge in [-0.25, -0.2) is 23.5 Å². The van der Waals surface area contributed by atoms with Crippen molar-refractivity contribution in [3.8, 4) is 0 Å². The minimum atomic E-state index is -1.18. The first kappa shape index (κ1) is 21.8. The molecular weight excluding hydrogens is 398 g/mol. The van der Waals surface area contributed by atoms with Crippen LogP contribution in [0.3, 0.4) is 0 Å². The van der Waals surface area contributed by atoms with E-state index >= 15 is 0 Å². The van der Waals surface area contributed by atoms with E-state index in [1.165, 1.54) is 19.1 Å². The van der Waals surface area contributed by atoms with Crippen LogP contribution < -0.4 is 10.2 Å². The summed E-state index contributed by atoms with van der Waals surface area (Å²) in [5.41, 5.74) is -0.469. The number of aliphatic hydroxyl groups excluding tert-OH is 1. The van der Waals surface area contributed by atoms with Crippen LogP contribution in [-0.4, -0.2) is 45.0 Å². The van der Waals surface area contributed by atoms with Crippen LogP contribution in [0.15, 0.2) is 24.4 Å². The van der Waals surface area contributed by atoms with Crippen molar-refractivity contribution in [2.75, 3.05) is 16.8 Å². The first-order valence-electron chi connectivity index (χ1n) is 9.44. The van der Waals surface area contributed by atoms with Gasteiger partial charge in [0, 0.05) is 5.56 Å². The third-order valence-electron chi connectivity index (χ3n) is 4.94. The predicted octanol–water partition coefficient (Wildman–Crippen LogP) is 2.86. The fourth-order valence-corrected chi connectivity index (χ4v) is 3.16. The molecule has 0 bridgehead atoms. The van der Waals surface area contributed by atoms with Gasteiger partial charge in [-0.3, -0.25) is 0 Å². The number of anilines is 2. The summed E-state index contributed by atoms with van der Waals surface area (Å²) < 4.78 is 33.8. The van der Waals surface area contributed by atoms with E-state index in [9.17, 15) is 23.8 Å². The molecule has 1 saturated heterocycles. The minimum Gasteiger partial charge on any atom is -0.447 e. The van der Waals surface area contributed by atoms with Crippen LogP contribution in [-0.2, 0) is 10.3 Å². The Morgan fingerprint density at radius 2 is 2.00 bits per heavy atom. The van der Waals surface area contributed by atoms with E-state index in [-0.39, 0.29) is 18.4 Å². The second-order valence-corrected chi connectivity index (χ2v) is 7.78. The number of aliphatic hydroxyl groups is 2. The van der Waals surface area contributed by atoms with Crippen molar-refractivity contribution in [1.29, 1.82) is 0 Å². The van der Waals surface area contributed by atoms with Crippen LogP contribution in [0.1, 0.15) is 44.9 Å². The highest BCUT2D eigenvalue weighted by atomic mass is 19.1. The maximum Gasteiger partial charge on any atom is 0.416 e. The van der Waals surface area contributed by atoms with Crippen molar-refractivity contribution >= 4 is 17.9 Å². The Morgan fingerprint density at radius 1 is 1.30 bits per heavy atom. The number of hydrogen-bond donors (Lipinski definition) is 3. The Labute approximate surface area is 172 Å². The molecule has 0 unspecified atom stereocenters. The number of cyclic esters (lactones) is 1. The maximum atomic E-state index is 14.6. The number of amides is 1. The van der Waals surface area contributed by atoms with Gasteiger partial charge in [-0.1, -0.05) is 12.1 Å². The second-order valence-electron chi connectivity index (χ2n) is 7.78. The molecule has 2 aromatic rings. The van der Waals surface area contributed by atoms with Crippen molar-refractivity contribution < 1.29 is 28.5 Å². The zero-order chi connectivity index (χ0) is 22.2. The molecule has 3 atom stereocenters. The average molecular weight is 422 g/mol. The molecule has 0 saturated carbocycles. The lowest BCUT2D eigenvalue weighted by Gasteiger charge is -2.24. The van der Waals surface area contributed by atoms with Crippen LogP contribution in [0.25, 0.3) is 0 Å². The third kappa shape index (κ3) is 4.34. The van der Waals surface area contributed by atoms with Crippen molar-refractivity contribution in [2.24, 2.45) is 0 Å². The molecule has 1 fully saturated rings. The van der Waals surface area contributed by atoms with Crippen molar-refractivity contribution in [3.05, 3.63) is 47.2 Å². The molecule has 8 nitrogen and oxygen atoms in total. The monoisotopic (exact) mass is 422 g/mol. The average Bonchev–Trinajstić information content (AvgIpc) is 3.04. The molecule has 2 heterocycles. The van der Waals surface area contributed by atoms with Gasteiger partial charge < -0.3 is 20.3 Å². The number of carbonyl (C=O) groups is 1. The summed E-state index contributed by atoms with van der Waals surface area (Å²) in [5.74, 6) is -1.77. The minimum absolute atomic E-state index is 0.0334. The molecule has 10 heteroatoms. The van der Waals surface area contributed by atoms with E-state index in [0.717, 1.165) is 11.1 Å². The van der Waals surface area contributed by atoms with E-state index in [4.69, 9.17) is 4.74 Å². The molecule has 3 rings (SSSR count). The molecule has 1 aliphatic heterocycles. The molecule has 30 heavy (non-hydrogen) atoms. The van der Waals surface area contributed by atoms with Gasteiger partial charge in [-0.15, -0.1) is 0 Å². The summed E-state index contributed by atoms with van der Waals surface area (Å²) >= 11 is 0. The second kappa shape index (κ2) is 8.11. The Hall–Kier alpha value is -2.85. The van der Waals surface area contributed by atoms with Crippen LogP contribution in [0.4, 0.5) is 25.3 Å². The first-order valence-corrected chi connectivity index (χ1v) is 9.44. The molecule has 3 N–H and O–H groups in total. The van der Waals surface area contributed by atoms with E-state index in [2.05, 4.69) is 15.3 Å². The highest BCUT2D eigenvalue weighted by molar-refractivity contribution is 5.89. The van der Waals surface area contributed by atoms with Gasteiger partial charge in [0.15, 0.2) is 11.6 Å². The number of nitrogens with zero attached hydrogens (tertiary/aromatic N) is 3. The summed E-state index contributed by atoms with van der Waals surface area (Å²) in [5, 5.41) is 22.7. The summed E-state index contributed by atoms with van der Waals surface area (Å²) in [7, 11) is 0. The standard InChI is InChI=1S/C20H24F2N4O4/c1-10(13-6-5-12(7-14(13)21)20(3,4)29)24-18-23-8-15(22)17(25-18)26-16(11(2)27)9-30-19(26)28/h5-8,10-11,16,27,29H,9H2,1-4H3,(H,23,24,25)/t10-,11+,16+/m0/s1. The predicted molar refractivity (Wildman–Crippen MR) is 105 cm³/mol. The highest BCUT2D eigenvalue weighted by Crippen LogP contribution is 2.29. The van der Waals surface area contributed by atoms with E-state index in [0.29, 0.717) is 11.1 Å².